The third-order valence-electron chi connectivity index (χ3n) is 2.89. The van der Waals surface area contributed by atoms with Crippen LogP contribution in [-0.2, 0) is 0 Å². The number of hydrogen-bond donors (Lipinski definition) is 0. The van der Waals surface area contributed by atoms with Gasteiger partial charge in [-0.3, -0.25) is 0 Å². The summed E-state index contributed by atoms with van der Waals surface area (Å²) >= 11 is 0. The molecule has 83 valence electrons. The zero-order valence-corrected chi connectivity index (χ0v) is 9.55. The average molecular weight is 222 g/mol. The number of rotatable bonds is 2. The molecule has 2 aromatic carbocycles. The predicted molar refractivity (Wildman–Crippen MR) is 68.7 cm³/mol. The molecule has 0 N–H and O–H groups in total. The smallest absolute Gasteiger partial charge is 0.119 e. The van der Waals surface area contributed by atoms with Crippen LogP contribution in [0.15, 0.2) is 54.7 Å². The van der Waals surface area contributed by atoms with Crippen LogP contribution in [0.1, 0.15) is 0 Å². The lowest BCUT2D eigenvalue weighted by atomic mass is 10.2. The molecule has 2 heteroatoms. The highest BCUT2D eigenvalue weighted by molar-refractivity contribution is 5.81. The summed E-state index contributed by atoms with van der Waals surface area (Å²) in [6.45, 7) is 0. The van der Waals surface area contributed by atoms with Crippen LogP contribution < -0.4 is 4.74 Å². The van der Waals surface area contributed by atoms with Gasteiger partial charge in [0.25, 0.3) is 0 Å². The lowest BCUT2D eigenvalue weighted by molar-refractivity contribution is 0.415. The van der Waals surface area contributed by atoms with Crippen molar-refractivity contribution >= 4 is 10.9 Å². The Bertz CT molecular complexity index is 637. The van der Waals surface area contributed by atoms with Crippen LogP contribution in [0, 0.1) is 6.07 Å². The van der Waals surface area contributed by atoms with E-state index in [-0.39, 0.29) is 0 Å². The number of methoxy groups -OCH3 is 1. The maximum atomic E-state index is 5.16. The van der Waals surface area contributed by atoms with Gasteiger partial charge in [0.2, 0.25) is 0 Å². The van der Waals surface area contributed by atoms with Gasteiger partial charge in [-0.1, -0.05) is 6.07 Å². The van der Waals surface area contributed by atoms with Crippen LogP contribution in [0.4, 0.5) is 0 Å². The maximum absolute atomic E-state index is 5.16. The standard InChI is InChI=1S/C15H12NO/c1-17-14-8-6-13(7-9-14)16-11-10-12-4-2-3-5-15(12)16/h3-11H,1H3. The lowest BCUT2D eigenvalue weighted by Gasteiger charge is -2.06. The van der Waals surface area contributed by atoms with Gasteiger partial charge in [-0.15, -0.1) is 0 Å². The third kappa shape index (κ3) is 1.68. The summed E-state index contributed by atoms with van der Waals surface area (Å²) in [5.74, 6) is 0.874. The molecule has 0 spiro atoms. The molecule has 0 saturated heterocycles. The van der Waals surface area contributed by atoms with E-state index in [9.17, 15) is 0 Å². The zero-order chi connectivity index (χ0) is 11.7. The largest absolute Gasteiger partial charge is 0.497 e. The Labute approximate surface area is 100 Å². The molecule has 0 bridgehead atoms. The number of aromatic nitrogens is 1. The zero-order valence-electron chi connectivity index (χ0n) is 9.55. The van der Waals surface area contributed by atoms with Crippen molar-refractivity contribution in [1.29, 1.82) is 0 Å². The summed E-state index contributed by atoms with van der Waals surface area (Å²) < 4.78 is 7.32. The Morgan fingerprint density at radius 1 is 1.06 bits per heavy atom. The number of benzene rings is 2. The highest BCUT2D eigenvalue weighted by Crippen LogP contribution is 2.21. The van der Waals surface area contributed by atoms with Gasteiger partial charge in [-0.25, -0.2) is 0 Å². The molecule has 0 saturated carbocycles. The van der Waals surface area contributed by atoms with E-state index in [0.717, 1.165) is 11.4 Å². The van der Waals surface area contributed by atoms with E-state index >= 15 is 0 Å². The summed E-state index contributed by atoms with van der Waals surface area (Å²) in [6, 6.07) is 19.2. The van der Waals surface area contributed by atoms with Crippen molar-refractivity contribution in [3.8, 4) is 11.4 Å². The normalized spacial score (nSPS) is 10.6. The first-order chi connectivity index (χ1) is 8.38. The summed E-state index contributed by atoms with van der Waals surface area (Å²) in [4.78, 5) is 0. The molecule has 0 fully saturated rings. The summed E-state index contributed by atoms with van der Waals surface area (Å²) in [7, 11) is 1.68. The number of ether oxygens (including phenoxy) is 1. The van der Waals surface area contributed by atoms with Crippen molar-refractivity contribution in [1.82, 2.24) is 4.57 Å². The second kappa shape index (κ2) is 3.98. The first-order valence-corrected chi connectivity index (χ1v) is 5.50. The molecule has 0 amide bonds. The Morgan fingerprint density at radius 2 is 1.88 bits per heavy atom. The van der Waals surface area contributed by atoms with Crippen LogP contribution >= 0.6 is 0 Å². The summed E-state index contributed by atoms with van der Waals surface area (Å²) in [6.07, 6.45) is 2.07. The Morgan fingerprint density at radius 3 is 2.65 bits per heavy atom. The van der Waals surface area contributed by atoms with Crippen LogP contribution in [0.3, 0.4) is 0 Å². The molecule has 17 heavy (non-hydrogen) atoms. The fourth-order valence-electron chi connectivity index (χ4n) is 1.99. The van der Waals surface area contributed by atoms with Crippen LogP contribution in [0.25, 0.3) is 16.6 Å². The van der Waals surface area contributed by atoms with Crippen molar-refractivity contribution in [2.75, 3.05) is 7.11 Å². The van der Waals surface area contributed by atoms with Gasteiger partial charge in [-0.2, -0.15) is 0 Å². The molecule has 0 aliphatic heterocycles. The van der Waals surface area contributed by atoms with E-state index < -0.39 is 0 Å². The Balaban J connectivity index is 2.13. The van der Waals surface area contributed by atoms with Crippen LogP contribution in [0.2, 0.25) is 0 Å². The number of nitrogens with zero attached hydrogens (tertiary/aromatic N) is 1. The van der Waals surface area contributed by atoms with Crippen molar-refractivity contribution in [2.45, 2.75) is 0 Å². The molecule has 1 radical (unpaired) electrons. The molecule has 1 heterocycles. The quantitative estimate of drug-likeness (QED) is 0.648. The van der Waals surface area contributed by atoms with Crippen molar-refractivity contribution in [2.24, 2.45) is 0 Å². The lowest BCUT2D eigenvalue weighted by Crippen LogP contribution is -1.91. The molecule has 3 rings (SSSR count). The van der Waals surface area contributed by atoms with E-state index in [0.29, 0.717) is 0 Å². The Kier molecular flexibility index (Phi) is 2.33. The van der Waals surface area contributed by atoms with Gasteiger partial charge < -0.3 is 9.30 Å². The second-order valence-corrected chi connectivity index (χ2v) is 3.87. The van der Waals surface area contributed by atoms with Crippen molar-refractivity contribution in [3.63, 3.8) is 0 Å². The molecule has 1 aromatic heterocycles. The van der Waals surface area contributed by atoms with Gasteiger partial charge in [-0.05, 0) is 48.5 Å². The number of hydrogen-bond acceptors (Lipinski definition) is 1. The highest BCUT2D eigenvalue weighted by atomic mass is 16.5. The molecule has 0 unspecified atom stereocenters. The Hall–Kier alpha value is -2.22. The molecule has 0 aliphatic rings. The average Bonchev–Trinajstić information content (AvgIpc) is 2.83. The van der Waals surface area contributed by atoms with Crippen molar-refractivity contribution < 1.29 is 4.74 Å². The van der Waals surface area contributed by atoms with Gasteiger partial charge >= 0.3 is 0 Å². The fourth-order valence-corrected chi connectivity index (χ4v) is 1.99. The highest BCUT2D eigenvalue weighted by Gasteiger charge is 2.02. The monoisotopic (exact) mass is 222 g/mol. The third-order valence-corrected chi connectivity index (χ3v) is 2.89. The van der Waals surface area contributed by atoms with Gasteiger partial charge in [0.05, 0.1) is 12.6 Å². The first kappa shape index (κ1) is 9.97. The van der Waals surface area contributed by atoms with Crippen molar-refractivity contribution in [3.05, 3.63) is 60.8 Å². The predicted octanol–water partition coefficient (Wildman–Crippen LogP) is 3.44. The fraction of sp³-hybridized carbons (Fsp3) is 0.0667. The van der Waals surface area contributed by atoms with Gasteiger partial charge in [0, 0.05) is 17.3 Å². The molecule has 3 aromatic rings. The topological polar surface area (TPSA) is 14.2 Å². The SMILES string of the molecule is COc1ccc(-n2ccc3c[c]ccc32)cc1. The molecule has 2 nitrogen and oxygen atoms in total. The number of fused-ring (bicyclic) bond motifs is 1. The van der Waals surface area contributed by atoms with Gasteiger partial charge in [0.1, 0.15) is 5.75 Å². The molecular weight excluding hydrogens is 210 g/mol. The molecular formula is C15H12NO. The summed E-state index contributed by atoms with van der Waals surface area (Å²) in [5.41, 5.74) is 2.32. The van der Waals surface area contributed by atoms with E-state index in [1.807, 2.05) is 24.3 Å². The van der Waals surface area contributed by atoms with Gasteiger partial charge in [0.15, 0.2) is 0 Å². The maximum Gasteiger partial charge on any atom is 0.119 e. The minimum Gasteiger partial charge on any atom is -0.497 e. The van der Waals surface area contributed by atoms with E-state index in [1.165, 1.54) is 10.9 Å². The molecule has 0 aliphatic carbocycles. The van der Waals surface area contributed by atoms with E-state index in [4.69, 9.17) is 4.74 Å². The molecule has 0 atom stereocenters. The summed E-state index contributed by atoms with van der Waals surface area (Å²) in [5, 5.41) is 1.20. The first-order valence-electron chi connectivity index (χ1n) is 5.50. The van der Waals surface area contributed by atoms with E-state index in [1.54, 1.807) is 7.11 Å². The minimum absolute atomic E-state index is 0.874. The van der Waals surface area contributed by atoms with E-state index in [2.05, 4.69) is 41.1 Å². The second-order valence-electron chi connectivity index (χ2n) is 3.87. The van der Waals surface area contributed by atoms with Crippen LogP contribution in [-0.4, -0.2) is 11.7 Å². The minimum atomic E-state index is 0.874. The van der Waals surface area contributed by atoms with Crippen LogP contribution in [0.5, 0.6) is 5.75 Å².